The summed E-state index contributed by atoms with van der Waals surface area (Å²) in [4.78, 5) is 14.2. The number of carbonyl (C=O) groups is 1. The van der Waals surface area contributed by atoms with Crippen molar-refractivity contribution < 1.29 is 18.7 Å². The molecular weight excluding hydrogens is 357 g/mol. The average Bonchev–Trinajstić information content (AvgIpc) is 2.61. The Kier molecular flexibility index (Phi) is 6.86. The number of hydrogen-bond donors (Lipinski definition) is 0. The molecule has 0 aliphatic rings. The lowest BCUT2D eigenvalue weighted by atomic mass is 10.1. The zero-order chi connectivity index (χ0) is 19.3. The number of halogens is 2. The minimum absolute atomic E-state index is 0.218. The zero-order valence-electron chi connectivity index (χ0n) is 15.4. The minimum atomic E-state index is -0.309. The van der Waals surface area contributed by atoms with Crippen LogP contribution in [0, 0.1) is 11.7 Å². The molecule has 0 saturated carbocycles. The van der Waals surface area contributed by atoms with E-state index in [1.165, 1.54) is 24.1 Å². The highest BCUT2D eigenvalue weighted by Gasteiger charge is 2.19. The van der Waals surface area contributed by atoms with Gasteiger partial charge in [-0.2, -0.15) is 0 Å². The summed E-state index contributed by atoms with van der Waals surface area (Å²) in [6.07, 6.45) is 0. The molecule has 6 heteroatoms. The topological polar surface area (TPSA) is 38.8 Å². The fraction of sp³-hybridized carbons (Fsp3) is 0.350. The van der Waals surface area contributed by atoms with E-state index >= 15 is 0 Å². The van der Waals surface area contributed by atoms with E-state index in [-0.39, 0.29) is 11.7 Å². The van der Waals surface area contributed by atoms with Crippen LogP contribution < -0.4 is 9.47 Å². The van der Waals surface area contributed by atoms with Crippen LogP contribution in [0.2, 0.25) is 5.02 Å². The lowest BCUT2D eigenvalue weighted by Crippen LogP contribution is -2.26. The van der Waals surface area contributed by atoms with E-state index in [1.807, 2.05) is 13.8 Å². The van der Waals surface area contributed by atoms with Crippen LogP contribution in [0.4, 0.5) is 4.39 Å². The first kappa shape index (κ1) is 20.0. The van der Waals surface area contributed by atoms with Gasteiger partial charge in [0.15, 0.2) is 11.5 Å². The molecule has 0 aliphatic carbocycles. The van der Waals surface area contributed by atoms with Crippen LogP contribution in [0.25, 0.3) is 0 Å². The number of ether oxygens (including phenoxy) is 2. The largest absolute Gasteiger partial charge is 0.493 e. The second-order valence-electron chi connectivity index (χ2n) is 6.48. The molecule has 2 aromatic carbocycles. The Labute approximate surface area is 158 Å². The Hall–Kier alpha value is -2.27. The molecule has 2 aromatic rings. The molecule has 0 unspecified atom stereocenters. The highest BCUT2D eigenvalue weighted by molar-refractivity contribution is 6.32. The second kappa shape index (κ2) is 8.90. The van der Waals surface area contributed by atoms with Crippen LogP contribution in [-0.4, -0.2) is 31.6 Å². The molecule has 0 saturated heterocycles. The van der Waals surface area contributed by atoms with Crippen LogP contribution in [0.15, 0.2) is 36.4 Å². The van der Waals surface area contributed by atoms with Crippen LogP contribution >= 0.6 is 11.6 Å². The van der Waals surface area contributed by atoms with E-state index in [0.29, 0.717) is 41.2 Å². The predicted molar refractivity (Wildman–Crippen MR) is 101 cm³/mol. The molecule has 1 amide bonds. The smallest absolute Gasteiger partial charge is 0.254 e. The van der Waals surface area contributed by atoms with Gasteiger partial charge < -0.3 is 14.4 Å². The van der Waals surface area contributed by atoms with Crippen molar-refractivity contribution in [1.29, 1.82) is 0 Å². The van der Waals surface area contributed by atoms with Gasteiger partial charge in [0.05, 0.1) is 18.7 Å². The van der Waals surface area contributed by atoms with Gasteiger partial charge in [-0.05, 0) is 35.7 Å². The Balaban J connectivity index is 2.19. The van der Waals surface area contributed by atoms with Crippen LogP contribution in [0.3, 0.4) is 0 Å². The first-order valence-electron chi connectivity index (χ1n) is 8.32. The molecular formula is C20H23ClFNO3. The number of rotatable bonds is 7. The van der Waals surface area contributed by atoms with Crippen LogP contribution in [-0.2, 0) is 6.54 Å². The van der Waals surface area contributed by atoms with Crippen molar-refractivity contribution in [2.24, 2.45) is 5.92 Å². The molecule has 0 atom stereocenters. The molecule has 2 rings (SSSR count). The van der Waals surface area contributed by atoms with Gasteiger partial charge in [-0.25, -0.2) is 4.39 Å². The number of hydrogen-bond acceptors (Lipinski definition) is 3. The van der Waals surface area contributed by atoms with Crippen LogP contribution in [0.1, 0.15) is 29.8 Å². The first-order chi connectivity index (χ1) is 12.3. The van der Waals surface area contributed by atoms with Crippen molar-refractivity contribution in [2.75, 3.05) is 20.8 Å². The molecule has 140 valence electrons. The molecule has 0 aliphatic heterocycles. The van der Waals surface area contributed by atoms with Gasteiger partial charge >= 0.3 is 0 Å². The van der Waals surface area contributed by atoms with E-state index in [1.54, 1.807) is 31.3 Å². The zero-order valence-corrected chi connectivity index (χ0v) is 16.1. The lowest BCUT2D eigenvalue weighted by molar-refractivity contribution is 0.0784. The summed E-state index contributed by atoms with van der Waals surface area (Å²) in [6, 6.07) is 9.22. The van der Waals surface area contributed by atoms with E-state index in [4.69, 9.17) is 21.1 Å². The van der Waals surface area contributed by atoms with Crippen molar-refractivity contribution >= 4 is 17.5 Å². The lowest BCUT2D eigenvalue weighted by Gasteiger charge is -2.19. The summed E-state index contributed by atoms with van der Waals surface area (Å²) in [5.41, 5.74) is 1.23. The molecule has 0 spiro atoms. The van der Waals surface area contributed by atoms with Gasteiger partial charge in [0.1, 0.15) is 5.82 Å². The molecule has 0 aromatic heterocycles. The number of benzene rings is 2. The average molecular weight is 380 g/mol. The normalized spacial score (nSPS) is 10.7. The van der Waals surface area contributed by atoms with Gasteiger partial charge in [-0.3, -0.25) is 4.79 Å². The monoisotopic (exact) mass is 379 g/mol. The Morgan fingerprint density at radius 1 is 1.23 bits per heavy atom. The minimum Gasteiger partial charge on any atom is -0.493 e. The van der Waals surface area contributed by atoms with Gasteiger partial charge in [-0.1, -0.05) is 37.6 Å². The van der Waals surface area contributed by atoms with Crippen molar-refractivity contribution in [3.05, 3.63) is 58.4 Å². The highest BCUT2D eigenvalue weighted by atomic mass is 35.5. The first-order valence-corrected chi connectivity index (χ1v) is 8.69. The van der Waals surface area contributed by atoms with Gasteiger partial charge in [0, 0.05) is 19.2 Å². The summed E-state index contributed by atoms with van der Waals surface area (Å²) < 4.78 is 24.0. The molecule has 26 heavy (non-hydrogen) atoms. The molecule has 0 heterocycles. The fourth-order valence-electron chi connectivity index (χ4n) is 2.39. The Bertz CT molecular complexity index is 762. The standard InChI is InChI=1S/C20H23ClFNO3/c1-13(2)12-26-19-17(21)9-15(10-18(19)25-4)20(24)23(3)11-14-5-7-16(22)8-6-14/h5-10,13H,11-12H2,1-4H3. The number of amides is 1. The molecule has 0 fully saturated rings. The molecule has 4 nitrogen and oxygen atoms in total. The summed E-state index contributed by atoms with van der Waals surface area (Å²) in [5, 5.41) is 0.323. The van der Waals surface area contributed by atoms with Crippen molar-refractivity contribution in [1.82, 2.24) is 4.90 Å². The number of nitrogens with zero attached hydrogens (tertiary/aromatic N) is 1. The summed E-state index contributed by atoms with van der Waals surface area (Å²) in [5.74, 6) is 0.650. The number of methoxy groups -OCH3 is 1. The molecule has 0 radical (unpaired) electrons. The second-order valence-corrected chi connectivity index (χ2v) is 6.89. The summed E-state index contributed by atoms with van der Waals surface area (Å²) in [6.45, 7) is 4.91. The third-order valence-corrected chi connectivity index (χ3v) is 4.00. The van der Waals surface area contributed by atoms with E-state index in [0.717, 1.165) is 5.56 Å². The highest BCUT2D eigenvalue weighted by Crippen LogP contribution is 2.37. The maximum absolute atomic E-state index is 13.0. The van der Waals surface area contributed by atoms with E-state index in [2.05, 4.69) is 0 Å². The maximum Gasteiger partial charge on any atom is 0.254 e. The third-order valence-electron chi connectivity index (χ3n) is 3.72. The van der Waals surface area contributed by atoms with Gasteiger partial charge in [-0.15, -0.1) is 0 Å². The maximum atomic E-state index is 13.0. The van der Waals surface area contributed by atoms with Crippen LogP contribution in [0.5, 0.6) is 11.5 Å². The van der Waals surface area contributed by atoms with E-state index in [9.17, 15) is 9.18 Å². The fourth-order valence-corrected chi connectivity index (χ4v) is 2.65. The van der Waals surface area contributed by atoms with Gasteiger partial charge in [0.25, 0.3) is 5.91 Å². The Morgan fingerprint density at radius 2 is 1.88 bits per heavy atom. The van der Waals surface area contributed by atoms with Crippen molar-refractivity contribution in [3.8, 4) is 11.5 Å². The van der Waals surface area contributed by atoms with Crippen molar-refractivity contribution in [2.45, 2.75) is 20.4 Å². The predicted octanol–water partition coefficient (Wildman–Crippen LogP) is 4.79. The van der Waals surface area contributed by atoms with Gasteiger partial charge in [0.2, 0.25) is 0 Å². The molecule has 0 N–H and O–H groups in total. The van der Waals surface area contributed by atoms with Crippen molar-refractivity contribution in [3.63, 3.8) is 0 Å². The SMILES string of the molecule is COc1cc(C(=O)N(C)Cc2ccc(F)cc2)cc(Cl)c1OCC(C)C. The molecule has 0 bridgehead atoms. The quantitative estimate of drug-likeness (QED) is 0.694. The summed E-state index contributed by atoms with van der Waals surface area (Å²) >= 11 is 6.31. The third kappa shape index (κ3) is 5.11. The summed E-state index contributed by atoms with van der Waals surface area (Å²) in [7, 11) is 3.18. The number of carbonyl (C=O) groups excluding carboxylic acids is 1. The van der Waals surface area contributed by atoms with E-state index < -0.39 is 0 Å². The Morgan fingerprint density at radius 3 is 2.46 bits per heavy atom.